The van der Waals surface area contributed by atoms with Crippen LogP contribution in [0.4, 0.5) is 4.39 Å². The minimum atomic E-state index is -0.156. The fraction of sp³-hybridized carbons (Fsp3) is 0.625. The summed E-state index contributed by atoms with van der Waals surface area (Å²) in [5.41, 5.74) is 1.47. The van der Waals surface area contributed by atoms with Crippen LogP contribution in [0.15, 0.2) is 22.7 Å². The number of hydrogen-bond acceptors (Lipinski definition) is 1. The van der Waals surface area contributed by atoms with Crippen LogP contribution in [0.2, 0.25) is 0 Å². The van der Waals surface area contributed by atoms with Crippen molar-refractivity contribution < 1.29 is 4.39 Å². The Morgan fingerprint density at radius 3 is 2.53 bits per heavy atom. The lowest BCUT2D eigenvalue weighted by atomic mass is 9.74. The Balaban J connectivity index is 2.18. The Morgan fingerprint density at radius 2 is 2.00 bits per heavy atom. The van der Waals surface area contributed by atoms with E-state index >= 15 is 0 Å². The van der Waals surface area contributed by atoms with Gasteiger partial charge in [-0.05, 0) is 61.9 Å². The molecule has 1 aliphatic carbocycles. The summed E-state index contributed by atoms with van der Waals surface area (Å²) in [6.07, 6.45) is 7.37. The fourth-order valence-electron chi connectivity index (χ4n) is 3.62. The van der Waals surface area contributed by atoms with E-state index in [0.29, 0.717) is 11.5 Å². The summed E-state index contributed by atoms with van der Waals surface area (Å²) in [6.45, 7) is 2.29. The topological polar surface area (TPSA) is 12.0 Å². The van der Waals surface area contributed by atoms with E-state index in [-0.39, 0.29) is 5.82 Å². The molecule has 0 spiro atoms. The molecule has 1 atom stereocenters. The zero-order valence-corrected chi connectivity index (χ0v) is 13.4. The zero-order valence-electron chi connectivity index (χ0n) is 11.8. The van der Waals surface area contributed by atoms with Gasteiger partial charge in [0.25, 0.3) is 0 Å². The van der Waals surface area contributed by atoms with Crippen molar-refractivity contribution in [1.82, 2.24) is 5.32 Å². The molecule has 0 amide bonds. The summed E-state index contributed by atoms with van der Waals surface area (Å²) < 4.78 is 14.3. The Bertz CT molecular complexity index is 407. The smallest absolute Gasteiger partial charge is 0.124 e. The van der Waals surface area contributed by atoms with Crippen LogP contribution in [-0.2, 0) is 6.42 Å². The van der Waals surface area contributed by atoms with Crippen LogP contribution in [-0.4, -0.2) is 13.1 Å². The van der Waals surface area contributed by atoms with E-state index in [0.717, 1.165) is 16.5 Å². The fourth-order valence-corrected chi connectivity index (χ4v) is 4.13. The highest BCUT2D eigenvalue weighted by molar-refractivity contribution is 9.10. The normalized spacial score (nSPS) is 19.6. The lowest BCUT2D eigenvalue weighted by molar-refractivity contribution is 0.192. The van der Waals surface area contributed by atoms with Gasteiger partial charge in [-0.1, -0.05) is 35.7 Å². The molecular formula is C16H23BrFN. The van der Waals surface area contributed by atoms with Crippen LogP contribution in [0.25, 0.3) is 0 Å². The summed E-state index contributed by atoms with van der Waals surface area (Å²) in [4.78, 5) is 0. The van der Waals surface area contributed by atoms with Crippen LogP contribution in [0.5, 0.6) is 0 Å². The third kappa shape index (κ3) is 3.38. The van der Waals surface area contributed by atoms with Crippen LogP contribution in [0.1, 0.15) is 44.6 Å². The molecule has 1 N–H and O–H groups in total. The van der Waals surface area contributed by atoms with Crippen molar-refractivity contribution in [3.8, 4) is 0 Å². The molecule has 1 aromatic carbocycles. The molecule has 3 heteroatoms. The molecule has 19 heavy (non-hydrogen) atoms. The lowest BCUT2D eigenvalue weighted by Crippen LogP contribution is -2.43. The van der Waals surface area contributed by atoms with Gasteiger partial charge in [0.2, 0.25) is 0 Å². The first-order valence-electron chi connectivity index (χ1n) is 7.22. The average Bonchev–Trinajstić information content (AvgIpc) is 2.84. The van der Waals surface area contributed by atoms with Crippen molar-refractivity contribution >= 4 is 15.9 Å². The number of likely N-dealkylation sites (N-methyl/N-ethyl adjacent to an activating group) is 1. The molecule has 0 aromatic heterocycles. The Kier molecular flexibility index (Phi) is 5.02. The average molecular weight is 328 g/mol. The highest BCUT2D eigenvalue weighted by Gasteiger charge is 2.38. The summed E-state index contributed by atoms with van der Waals surface area (Å²) in [5.74, 6) is -0.156. The number of rotatable bonds is 5. The maximum absolute atomic E-state index is 13.5. The van der Waals surface area contributed by atoms with Gasteiger partial charge in [0, 0.05) is 10.5 Å². The van der Waals surface area contributed by atoms with Gasteiger partial charge in [-0.2, -0.15) is 0 Å². The van der Waals surface area contributed by atoms with Gasteiger partial charge in [-0.3, -0.25) is 0 Å². The highest BCUT2D eigenvalue weighted by Crippen LogP contribution is 2.44. The van der Waals surface area contributed by atoms with E-state index in [1.807, 2.05) is 13.1 Å². The van der Waals surface area contributed by atoms with E-state index in [1.165, 1.54) is 38.2 Å². The predicted octanol–water partition coefficient (Wildman–Crippen LogP) is 4.69. The van der Waals surface area contributed by atoms with Crippen LogP contribution < -0.4 is 5.32 Å². The number of benzene rings is 1. The van der Waals surface area contributed by atoms with Gasteiger partial charge >= 0.3 is 0 Å². The summed E-state index contributed by atoms with van der Waals surface area (Å²) in [7, 11) is 2.04. The van der Waals surface area contributed by atoms with E-state index in [2.05, 4.69) is 28.2 Å². The van der Waals surface area contributed by atoms with Gasteiger partial charge in [-0.25, -0.2) is 4.39 Å². The molecule has 0 aliphatic heterocycles. The third-order valence-corrected chi connectivity index (χ3v) is 5.21. The van der Waals surface area contributed by atoms with Crippen molar-refractivity contribution in [2.75, 3.05) is 7.05 Å². The monoisotopic (exact) mass is 327 g/mol. The first-order chi connectivity index (χ1) is 9.09. The third-order valence-electron chi connectivity index (χ3n) is 4.75. The van der Waals surface area contributed by atoms with Crippen molar-refractivity contribution in [2.45, 2.75) is 51.5 Å². The highest BCUT2D eigenvalue weighted by atomic mass is 79.9. The summed E-state index contributed by atoms with van der Waals surface area (Å²) in [5, 5.41) is 3.49. The second kappa shape index (κ2) is 6.36. The van der Waals surface area contributed by atoms with Crippen molar-refractivity contribution in [3.05, 3.63) is 34.1 Å². The molecule has 1 aliphatic rings. The molecule has 1 unspecified atom stereocenters. The number of nitrogens with one attached hydrogen (secondary N) is 1. The first-order valence-corrected chi connectivity index (χ1v) is 8.01. The summed E-state index contributed by atoms with van der Waals surface area (Å²) in [6, 6.07) is 5.65. The molecule has 2 rings (SSSR count). The molecular weight excluding hydrogens is 305 g/mol. The van der Waals surface area contributed by atoms with E-state index in [4.69, 9.17) is 0 Å². The Morgan fingerprint density at radius 1 is 1.32 bits per heavy atom. The molecule has 1 saturated carbocycles. The molecule has 106 valence electrons. The van der Waals surface area contributed by atoms with Gasteiger partial charge in [0.1, 0.15) is 5.82 Å². The molecule has 1 aromatic rings. The lowest BCUT2D eigenvalue weighted by Gasteiger charge is -2.37. The second-order valence-corrected chi connectivity index (χ2v) is 6.66. The van der Waals surface area contributed by atoms with Gasteiger partial charge < -0.3 is 5.32 Å². The van der Waals surface area contributed by atoms with Crippen LogP contribution in [0.3, 0.4) is 0 Å². The second-order valence-electron chi connectivity index (χ2n) is 5.75. The van der Waals surface area contributed by atoms with Gasteiger partial charge in [0.15, 0.2) is 0 Å². The van der Waals surface area contributed by atoms with Crippen molar-refractivity contribution in [1.29, 1.82) is 0 Å². The maximum atomic E-state index is 13.5. The van der Waals surface area contributed by atoms with Crippen molar-refractivity contribution in [3.63, 3.8) is 0 Å². The summed E-state index contributed by atoms with van der Waals surface area (Å²) >= 11 is 3.38. The molecule has 0 radical (unpaired) electrons. The number of hydrogen-bond donors (Lipinski definition) is 1. The Hall–Kier alpha value is -0.410. The molecule has 1 nitrogen and oxygen atoms in total. The number of halogens is 2. The SMILES string of the molecule is CCC1(C(Cc2cc(F)cc(Br)c2)NC)CCCC1. The molecule has 0 bridgehead atoms. The quantitative estimate of drug-likeness (QED) is 0.827. The van der Waals surface area contributed by atoms with Crippen molar-refractivity contribution in [2.24, 2.45) is 5.41 Å². The van der Waals surface area contributed by atoms with Crippen LogP contribution in [0, 0.1) is 11.2 Å². The Labute approximate surface area is 124 Å². The molecule has 0 saturated heterocycles. The van der Waals surface area contributed by atoms with Gasteiger partial charge in [-0.15, -0.1) is 0 Å². The van der Waals surface area contributed by atoms with E-state index in [9.17, 15) is 4.39 Å². The molecule has 0 heterocycles. The van der Waals surface area contributed by atoms with E-state index in [1.54, 1.807) is 6.07 Å². The minimum Gasteiger partial charge on any atom is -0.316 e. The maximum Gasteiger partial charge on any atom is 0.124 e. The molecule has 1 fully saturated rings. The van der Waals surface area contributed by atoms with Gasteiger partial charge in [0.05, 0.1) is 0 Å². The van der Waals surface area contributed by atoms with Crippen LogP contribution >= 0.6 is 15.9 Å². The zero-order chi connectivity index (χ0) is 13.9. The van der Waals surface area contributed by atoms with E-state index < -0.39 is 0 Å². The minimum absolute atomic E-state index is 0.156. The standard InChI is InChI=1S/C16H23BrFN/c1-3-16(6-4-5-7-16)15(19-2)10-12-8-13(17)11-14(18)9-12/h8-9,11,15,19H,3-7,10H2,1-2H3. The largest absolute Gasteiger partial charge is 0.316 e. The first kappa shape index (κ1) is 15.0. The predicted molar refractivity (Wildman–Crippen MR) is 81.8 cm³/mol.